The summed E-state index contributed by atoms with van der Waals surface area (Å²) in [7, 11) is -2.88. The monoisotopic (exact) mass is 247 g/mol. The molecule has 2 heterocycles. The van der Waals surface area contributed by atoms with Crippen molar-refractivity contribution in [2.75, 3.05) is 24.6 Å². The summed E-state index contributed by atoms with van der Waals surface area (Å²) in [6, 6.07) is 0.0387. The van der Waals surface area contributed by atoms with E-state index in [4.69, 9.17) is 5.11 Å². The molecule has 2 saturated heterocycles. The molecule has 3 unspecified atom stereocenters. The van der Waals surface area contributed by atoms with Crippen LogP contribution in [0.3, 0.4) is 0 Å². The Morgan fingerprint density at radius 1 is 1.38 bits per heavy atom. The lowest BCUT2D eigenvalue weighted by atomic mass is 9.99. The first-order valence-corrected chi connectivity index (χ1v) is 7.38. The maximum Gasteiger partial charge on any atom is 0.308 e. The van der Waals surface area contributed by atoms with Gasteiger partial charge in [0.25, 0.3) is 0 Å². The molecule has 2 rings (SSSR count). The van der Waals surface area contributed by atoms with Gasteiger partial charge in [0.05, 0.1) is 17.4 Å². The van der Waals surface area contributed by atoms with Crippen LogP contribution in [0.15, 0.2) is 0 Å². The zero-order valence-corrected chi connectivity index (χ0v) is 10.1. The molecular weight excluding hydrogens is 230 g/mol. The Morgan fingerprint density at radius 3 is 2.50 bits per heavy atom. The lowest BCUT2D eigenvalue weighted by molar-refractivity contribution is -0.142. The molecule has 3 atom stereocenters. The largest absolute Gasteiger partial charge is 0.481 e. The van der Waals surface area contributed by atoms with Crippen molar-refractivity contribution in [2.24, 2.45) is 11.8 Å². The van der Waals surface area contributed by atoms with Crippen LogP contribution in [-0.2, 0) is 14.6 Å². The van der Waals surface area contributed by atoms with Gasteiger partial charge in [-0.2, -0.15) is 0 Å². The topological polar surface area (TPSA) is 74.7 Å². The van der Waals surface area contributed by atoms with Crippen LogP contribution in [-0.4, -0.2) is 55.0 Å². The van der Waals surface area contributed by atoms with Crippen LogP contribution in [0.5, 0.6) is 0 Å². The molecule has 0 aromatic heterocycles. The molecule has 2 aliphatic rings. The number of likely N-dealkylation sites (tertiary alicyclic amines) is 1. The molecule has 0 aromatic carbocycles. The third kappa shape index (κ3) is 2.22. The van der Waals surface area contributed by atoms with Gasteiger partial charge in [0, 0.05) is 19.1 Å². The van der Waals surface area contributed by atoms with Gasteiger partial charge >= 0.3 is 5.97 Å². The van der Waals surface area contributed by atoms with Gasteiger partial charge in [-0.3, -0.25) is 9.69 Å². The lowest BCUT2D eigenvalue weighted by Gasteiger charge is -2.21. The summed E-state index contributed by atoms with van der Waals surface area (Å²) in [5, 5.41) is 9.00. The summed E-state index contributed by atoms with van der Waals surface area (Å²) in [4.78, 5) is 13.0. The van der Waals surface area contributed by atoms with Crippen LogP contribution in [0.1, 0.15) is 13.3 Å². The van der Waals surface area contributed by atoms with Crippen molar-refractivity contribution in [3.05, 3.63) is 0 Å². The Labute approximate surface area is 95.4 Å². The summed E-state index contributed by atoms with van der Waals surface area (Å²) in [5.41, 5.74) is 0. The van der Waals surface area contributed by atoms with Crippen LogP contribution in [0.25, 0.3) is 0 Å². The van der Waals surface area contributed by atoms with E-state index in [1.54, 1.807) is 0 Å². The molecule has 0 bridgehead atoms. The number of hydrogen-bond acceptors (Lipinski definition) is 4. The highest BCUT2D eigenvalue weighted by molar-refractivity contribution is 7.91. The normalized spacial score (nSPS) is 38.9. The van der Waals surface area contributed by atoms with Crippen LogP contribution in [0.4, 0.5) is 0 Å². The fraction of sp³-hybridized carbons (Fsp3) is 0.900. The summed E-state index contributed by atoms with van der Waals surface area (Å²) in [6.45, 7) is 3.12. The molecule has 2 aliphatic heterocycles. The number of sulfone groups is 1. The van der Waals surface area contributed by atoms with Gasteiger partial charge in [-0.05, 0) is 12.3 Å². The SMILES string of the molecule is CC1CN(C2CCS(=O)(=O)C2)CC1C(=O)O. The van der Waals surface area contributed by atoms with Crippen molar-refractivity contribution in [2.45, 2.75) is 19.4 Å². The smallest absolute Gasteiger partial charge is 0.308 e. The first-order chi connectivity index (χ1) is 7.39. The highest BCUT2D eigenvalue weighted by atomic mass is 32.2. The Hall–Kier alpha value is -0.620. The first-order valence-electron chi connectivity index (χ1n) is 5.56. The number of carboxylic acid groups (broad SMARTS) is 1. The third-order valence-corrected chi connectivity index (χ3v) is 5.43. The van der Waals surface area contributed by atoms with Gasteiger partial charge in [0.15, 0.2) is 9.84 Å². The average Bonchev–Trinajstić information content (AvgIpc) is 2.69. The number of aliphatic carboxylic acids is 1. The lowest BCUT2D eigenvalue weighted by Crippen LogP contribution is -2.35. The second-order valence-corrected chi connectivity index (χ2v) is 7.16. The predicted molar refractivity (Wildman–Crippen MR) is 58.9 cm³/mol. The van der Waals surface area contributed by atoms with Gasteiger partial charge in [0.1, 0.15) is 0 Å². The van der Waals surface area contributed by atoms with E-state index in [1.807, 2.05) is 11.8 Å². The van der Waals surface area contributed by atoms with Gasteiger partial charge < -0.3 is 5.11 Å². The highest BCUT2D eigenvalue weighted by Crippen LogP contribution is 2.28. The van der Waals surface area contributed by atoms with Crippen LogP contribution in [0.2, 0.25) is 0 Å². The molecule has 0 aromatic rings. The van der Waals surface area contributed by atoms with Crippen molar-refractivity contribution in [3.8, 4) is 0 Å². The van der Waals surface area contributed by atoms with E-state index in [9.17, 15) is 13.2 Å². The summed E-state index contributed by atoms with van der Waals surface area (Å²) < 4.78 is 22.7. The quantitative estimate of drug-likeness (QED) is 0.733. The molecule has 0 aliphatic carbocycles. The van der Waals surface area contributed by atoms with Crippen molar-refractivity contribution in [1.82, 2.24) is 4.90 Å². The molecule has 0 saturated carbocycles. The Bertz CT molecular complexity index is 392. The van der Waals surface area contributed by atoms with Crippen molar-refractivity contribution in [1.29, 1.82) is 0 Å². The standard InChI is InChI=1S/C10H17NO4S/c1-7-4-11(5-9(7)10(12)13)8-2-3-16(14,15)6-8/h7-9H,2-6H2,1H3,(H,12,13). The van der Waals surface area contributed by atoms with Crippen molar-refractivity contribution >= 4 is 15.8 Å². The van der Waals surface area contributed by atoms with Crippen molar-refractivity contribution < 1.29 is 18.3 Å². The van der Waals surface area contributed by atoms with E-state index in [1.165, 1.54) is 0 Å². The van der Waals surface area contributed by atoms with Crippen LogP contribution >= 0.6 is 0 Å². The second kappa shape index (κ2) is 4.00. The van der Waals surface area contributed by atoms with Crippen LogP contribution < -0.4 is 0 Å². The summed E-state index contributed by atoms with van der Waals surface area (Å²) >= 11 is 0. The highest BCUT2D eigenvalue weighted by Gasteiger charge is 2.41. The molecule has 0 spiro atoms. The minimum absolute atomic E-state index is 0.0387. The molecular formula is C10H17NO4S. The number of rotatable bonds is 2. The molecule has 5 nitrogen and oxygen atoms in total. The minimum Gasteiger partial charge on any atom is -0.481 e. The van der Waals surface area contributed by atoms with E-state index >= 15 is 0 Å². The second-order valence-electron chi connectivity index (χ2n) is 4.93. The zero-order valence-electron chi connectivity index (χ0n) is 9.30. The fourth-order valence-corrected chi connectivity index (χ4v) is 4.45. The van der Waals surface area contributed by atoms with Gasteiger partial charge in [0.2, 0.25) is 0 Å². The maximum absolute atomic E-state index is 11.4. The first kappa shape index (κ1) is 11.9. The van der Waals surface area contributed by atoms with E-state index in [0.717, 1.165) is 0 Å². The fourth-order valence-electron chi connectivity index (χ4n) is 2.69. The van der Waals surface area contributed by atoms with Gasteiger partial charge in [-0.1, -0.05) is 6.92 Å². The van der Waals surface area contributed by atoms with Gasteiger partial charge in [-0.15, -0.1) is 0 Å². The molecule has 92 valence electrons. The number of hydrogen-bond donors (Lipinski definition) is 1. The Morgan fingerprint density at radius 2 is 2.06 bits per heavy atom. The summed E-state index contributed by atoms with van der Waals surface area (Å²) in [6.07, 6.45) is 0.654. The Kier molecular flexibility index (Phi) is 2.96. The molecule has 6 heteroatoms. The van der Waals surface area contributed by atoms with E-state index in [2.05, 4.69) is 0 Å². The number of carbonyl (C=O) groups is 1. The van der Waals surface area contributed by atoms with Crippen molar-refractivity contribution in [3.63, 3.8) is 0 Å². The van der Waals surface area contributed by atoms with E-state index in [0.29, 0.717) is 19.5 Å². The van der Waals surface area contributed by atoms with E-state index < -0.39 is 15.8 Å². The predicted octanol–water partition coefficient (Wildman–Crippen LogP) is -0.174. The zero-order chi connectivity index (χ0) is 11.9. The maximum atomic E-state index is 11.4. The van der Waals surface area contributed by atoms with Gasteiger partial charge in [-0.25, -0.2) is 8.42 Å². The number of carboxylic acids is 1. The molecule has 16 heavy (non-hydrogen) atoms. The third-order valence-electron chi connectivity index (χ3n) is 3.68. The molecule has 0 radical (unpaired) electrons. The average molecular weight is 247 g/mol. The van der Waals surface area contributed by atoms with Crippen LogP contribution in [0, 0.1) is 11.8 Å². The molecule has 2 fully saturated rings. The summed E-state index contributed by atoms with van der Waals surface area (Å²) in [5.74, 6) is -0.549. The van der Waals surface area contributed by atoms with E-state index in [-0.39, 0.29) is 29.4 Å². The molecule has 1 N–H and O–H groups in total. The minimum atomic E-state index is -2.88. The Balaban J connectivity index is 2.01. The number of nitrogens with zero attached hydrogens (tertiary/aromatic N) is 1. The molecule has 0 amide bonds.